The molecule has 1 aliphatic carbocycles. The van der Waals surface area contributed by atoms with Gasteiger partial charge in [-0.25, -0.2) is 0 Å². The molecular formula is C13H22OS. The predicted molar refractivity (Wildman–Crippen MR) is 69.2 cm³/mol. The van der Waals surface area contributed by atoms with Crippen molar-refractivity contribution in [3.05, 3.63) is 22.6 Å². The van der Waals surface area contributed by atoms with E-state index in [-0.39, 0.29) is 13.5 Å². The minimum absolute atomic E-state index is 0. The lowest BCUT2D eigenvalue weighted by Crippen LogP contribution is -2.03. The van der Waals surface area contributed by atoms with E-state index in [1.165, 1.54) is 36.3 Å². The number of furan rings is 1. The monoisotopic (exact) mass is 226 g/mol. The van der Waals surface area contributed by atoms with Gasteiger partial charge < -0.3 is 4.42 Å². The Morgan fingerprint density at radius 3 is 2.47 bits per heavy atom. The molecule has 0 amide bonds. The molecule has 0 spiro atoms. The second kappa shape index (κ2) is 5.11. The minimum Gasteiger partial charge on any atom is -0.466 e. The van der Waals surface area contributed by atoms with Crippen molar-refractivity contribution in [3.63, 3.8) is 0 Å². The summed E-state index contributed by atoms with van der Waals surface area (Å²) < 4.78 is 5.95. The molecule has 0 N–H and O–H groups in total. The summed E-state index contributed by atoms with van der Waals surface area (Å²) in [6.45, 7) is 6.74. The highest BCUT2D eigenvalue weighted by atomic mass is 32.1. The van der Waals surface area contributed by atoms with E-state index in [0.29, 0.717) is 5.92 Å². The van der Waals surface area contributed by atoms with E-state index in [1.54, 1.807) is 5.56 Å². The first kappa shape index (κ1) is 12.7. The van der Waals surface area contributed by atoms with Gasteiger partial charge in [-0.15, -0.1) is 0 Å². The van der Waals surface area contributed by atoms with Crippen LogP contribution in [0.2, 0.25) is 0 Å². The van der Waals surface area contributed by atoms with Gasteiger partial charge in [0.05, 0.1) is 0 Å². The van der Waals surface area contributed by atoms with Crippen molar-refractivity contribution in [2.75, 3.05) is 0 Å². The van der Waals surface area contributed by atoms with Crippen LogP contribution in [-0.2, 0) is 19.3 Å². The molecule has 0 aliphatic heterocycles. The zero-order valence-electron chi connectivity index (χ0n) is 10.0. The molecule has 15 heavy (non-hydrogen) atoms. The molecule has 1 aromatic heterocycles. The maximum Gasteiger partial charge on any atom is 0.107 e. The average molecular weight is 226 g/mol. The SMILES string of the molecule is CCc1oc2c(c1C(C)C)CCCC2.S. The van der Waals surface area contributed by atoms with Crippen molar-refractivity contribution in [3.8, 4) is 0 Å². The molecule has 86 valence electrons. The van der Waals surface area contributed by atoms with Crippen LogP contribution in [0, 0.1) is 0 Å². The van der Waals surface area contributed by atoms with Gasteiger partial charge in [0.15, 0.2) is 0 Å². The molecule has 1 nitrogen and oxygen atoms in total. The van der Waals surface area contributed by atoms with Gasteiger partial charge in [-0.1, -0.05) is 20.8 Å². The Morgan fingerprint density at radius 1 is 1.20 bits per heavy atom. The third-order valence-corrected chi connectivity index (χ3v) is 3.19. The van der Waals surface area contributed by atoms with Gasteiger partial charge in [0.1, 0.15) is 11.5 Å². The largest absolute Gasteiger partial charge is 0.466 e. The Bertz CT molecular complexity index is 326. The summed E-state index contributed by atoms with van der Waals surface area (Å²) in [5, 5.41) is 0. The fourth-order valence-corrected chi connectivity index (χ4v) is 2.58. The van der Waals surface area contributed by atoms with E-state index < -0.39 is 0 Å². The summed E-state index contributed by atoms with van der Waals surface area (Å²) in [6.07, 6.45) is 6.10. The standard InChI is InChI=1S/C13H20O.H2S/c1-4-11-13(9(2)3)10-7-5-6-8-12(10)14-11;/h9H,4-8H2,1-3H3;1H2. The maximum atomic E-state index is 5.95. The molecule has 0 saturated carbocycles. The predicted octanol–water partition coefficient (Wildman–Crippen LogP) is 3.96. The highest BCUT2D eigenvalue weighted by molar-refractivity contribution is 7.59. The second-order valence-electron chi connectivity index (χ2n) is 4.56. The van der Waals surface area contributed by atoms with Gasteiger partial charge in [0, 0.05) is 12.8 Å². The topological polar surface area (TPSA) is 13.1 Å². The summed E-state index contributed by atoms with van der Waals surface area (Å²) >= 11 is 0. The van der Waals surface area contributed by atoms with Crippen LogP contribution in [0.1, 0.15) is 62.2 Å². The van der Waals surface area contributed by atoms with Gasteiger partial charge in [0.2, 0.25) is 0 Å². The minimum atomic E-state index is 0. The molecule has 1 heterocycles. The molecule has 2 heteroatoms. The van der Waals surface area contributed by atoms with E-state index in [2.05, 4.69) is 20.8 Å². The van der Waals surface area contributed by atoms with Crippen molar-refractivity contribution in [2.24, 2.45) is 0 Å². The Kier molecular flexibility index (Phi) is 4.32. The molecule has 0 radical (unpaired) electrons. The fourth-order valence-electron chi connectivity index (χ4n) is 2.58. The average Bonchev–Trinajstić information content (AvgIpc) is 2.55. The van der Waals surface area contributed by atoms with Crippen molar-refractivity contribution >= 4 is 13.5 Å². The van der Waals surface area contributed by atoms with E-state index in [4.69, 9.17) is 4.42 Å². The fraction of sp³-hybridized carbons (Fsp3) is 0.692. The third-order valence-electron chi connectivity index (χ3n) is 3.19. The van der Waals surface area contributed by atoms with Crippen LogP contribution in [0.3, 0.4) is 0 Å². The molecular weight excluding hydrogens is 204 g/mol. The lowest BCUT2D eigenvalue weighted by atomic mass is 9.89. The zero-order valence-corrected chi connectivity index (χ0v) is 11.0. The van der Waals surface area contributed by atoms with E-state index in [1.807, 2.05) is 0 Å². The molecule has 0 atom stereocenters. The first-order valence-electron chi connectivity index (χ1n) is 5.87. The van der Waals surface area contributed by atoms with Gasteiger partial charge in [0.25, 0.3) is 0 Å². The molecule has 1 aromatic rings. The lowest BCUT2D eigenvalue weighted by molar-refractivity contribution is 0.445. The number of hydrogen-bond donors (Lipinski definition) is 0. The third kappa shape index (κ3) is 2.25. The first-order valence-corrected chi connectivity index (χ1v) is 5.87. The van der Waals surface area contributed by atoms with Crippen LogP contribution < -0.4 is 0 Å². The van der Waals surface area contributed by atoms with Crippen LogP contribution in [-0.4, -0.2) is 0 Å². The normalized spacial score (nSPS) is 14.9. The smallest absolute Gasteiger partial charge is 0.107 e. The quantitative estimate of drug-likeness (QED) is 0.744. The maximum absolute atomic E-state index is 5.95. The highest BCUT2D eigenvalue weighted by Crippen LogP contribution is 2.34. The Labute approximate surface area is 99.7 Å². The van der Waals surface area contributed by atoms with Crippen LogP contribution in [0.5, 0.6) is 0 Å². The van der Waals surface area contributed by atoms with Crippen molar-refractivity contribution < 1.29 is 4.42 Å². The Hall–Kier alpha value is -0.370. The summed E-state index contributed by atoms with van der Waals surface area (Å²) in [5.41, 5.74) is 3.06. The van der Waals surface area contributed by atoms with Crippen LogP contribution in [0.25, 0.3) is 0 Å². The van der Waals surface area contributed by atoms with Crippen molar-refractivity contribution in [1.82, 2.24) is 0 Å². The van der Waals surface area contributed by atoms with Crippen LogP contribution in [0.15, 0.2) is 4.42 Å². The molecule has 0 fully saturated rings. The van der Waals surface area contributed by atoms with Crippen molar-refractivity contribution in [2.45, 2.75) is 58.8 Å². The summed E-state index contributed by atoms with van der Waals surface area (Å²) in [7, 11) is 0. The van der Waals surface area contributed by atoms with Gasteiger partial charge in [-0.2, -0.15) is 13.5 Å². The zero-order chi connectivity index (χ0) is 10.1. The van der Waals surface area contributed by atoms with Crippen LogP contribution in [0.4, 0.5) is 0 Å². The first-order chi connectivity index (χ1) is 6.74. The van der Waals surface area contributed by atoms with E-state index in [9.17, 15) is 0 Å². The summed E-state index contributed by atoms with van der Waals surface area (Å²) in [4.78, 5) is 0. The van der Waals surface area contributed by atoms with E-state index in [0.717, 1.165) is 12.8 Å². The van der Waals surface area contributed by atoms with Gasteiger partial charge in [-0.3, -0.25) is 0 Å². The highest BCUT2D eigenvalue weighted by Gasteiger charge is 2.22. The number of fused-ring (bicyclic) bond motifs is 1. The second-order valence-corrected chi connectivity index (χ2v) is 4.56. The number of hydrogen-bond acceptors (Lipinski definition) is 1. The van der Waals surface area contributed by atoms with E-state index >= 15 is 0 Å². The molecule has 0 aromatic carbocycles. The van der Waals surface area contributed by atoms with Gasteiger partial charge >= 0.3 is 0 Å². The van der Waals surface area contributed by atoms with Crippen molar-refractivity contribution in [1.29, 1.82) is 0 Å². The summed E-state index contributed by atoms with van der Waals surface area (Å²) in [6, 6.07) is 0. The Balaban J connectivity index is 0.00000112. The Morgan fingerprint density at radius 2 is 1.87 bits per heavy atom. The van der Waals surface area contributed by atoms with Gasteiger partial charge in [-0.05, 0) is 36.3 Å². The lowest BCUT2D eigenvalue weighted by Gasteiger charge is -2.12. The molecule has 2 rings (SSSR count). The molecule has 1 aliphatic rings. The summed E-state index contributed by atoms with van der Waals surface area (Å²) in [5.74, 6) is 3.15. The molecule has 0 unspecified atom stereocenters. The molecule has 0 saturated heterocycles. The van der Waals surface area contributed by atoms with Crippen LogP contribution >= 0.6 is 13.5 Å². The molecule has 0 bridgehead atoms. The number of rotatable bonds is 2. The number of aryl methyl sites for hydroxylation is 2.